The van der Waals surface area contributed by atoms with Crippen molar-refractivity contribution in [3.05, 3.63) is 51.5 Å². The van der Waals surface area contributed by atoms with Gasteiger partial charge >= 0.3 is 0 Å². The van der Waals surface area contributed by atoms with Gasteiger partial charge in [0.1, 0.15) is 0 Å². The van der Waals surface area contributed by atoms with Crippen LogP contribution in [0.4, 0.5) is 17.1 Å². The number of benzene rings is 2. The first kappa shape index (κ1) is 13.0. The summed E-state index contributed by atoms with van der Waals surface area (Å²) in [5.74, 6) is 0. The number of halogens is 1. The number of nitrogens with two attached hydrogens (primary N) is 1. The van der Waals surface area contributed by atoms with Crippen molar-refractivity contribution in [1.82, 2.24) is 0 Å². The first-order valence-corrected chi connectivity index (χ1v) is 6.66. The molecule has 2 aromatic rings. The Labute approximate surface area is 116 Å². The van der Waals surface area contributed by atoms with Gasteiger partial charge in [0.2, 0.25) is 0 Å². The molecule has 18 heavy (non-hydrogen) atoms. The van der Waals surface area contributed by atoms with Gasteiger partial charge in [0.15, 0.2) is 0 Å². The second-order valence-corrected chi connectivity index (χ2v) is 5.47. The maximum atomic E-state index is 5.87. The van der Waals surface area contributed by atoms with Gasteiger partial charge in [-0.05, 0) is 77.7 Å². The van der Waals surface area contributed by atoms with E-state index in [9.17, 15) is 0 Å². The summed E-state index contributed by atoms with van der Waals surface area (Å²) in [6, 6.07) is 10.3. The Balaban J connectivity index is 2.34. The van der Waals surface area contributed by atoms with Crippen molar-refractivity contribution >= 4 is 33.0 Å². The molecule has 0 aromatic heterocycles. The lowest BCUT2D eigenvalue weighted by Crippen LogP contribution is -1.96. The van der Waals surface area contributed by atoms with Crippen molar-refractivity contribution in [2.75, 3.05) is 11.1 Å². The molecule has 0 amide bonds. The summed E-state index contributed by atoms with van der Waals surface area (Å²) in [7, 11) is 0. The summed E-state index contributed by atoms with van der Waals surface area (Å²) in [4.78, 5) is 0. The van der Waals surface area contributed by atoms with Crippen LogP contribution in [0.15, 0.2) is 34.8 Å². The average Bonchev–Trinajstić information content (AvgIpc) is 2.31. The molecule has 0 aliphatic rings. The zero-order valence-corrected chi connectivity index (χ0v) is 12.4. The van der Waals surface area contributed by atoms with E-state index in [1.165, 1.54) is 11.1 Å². The fraction of sp³-hybridized carbons (Fsp3) is 0.200. The second kappa shape index (κ2) is 5.02. The van der Waals surface area contributed by atoms with E-state index >= 15 is 0 Å². The highest BCUT2D eigenvalue weighted by atomic mass is 79.9. The Hall–Kier alpha value is -1.48. The van der Waals surface area contributed by atoms with Gasteiger partial charge in [-0.3, -0.25) is 0 Å². The van der Waals surface area contributed by atoms with Crippen LogP contribution in [0, 0.1) is 20.8 Å². The summed E-state index contributed by atoms with van der Waals surface area (Å²) in [6.07, 6.45) is 0. The standard InChI is InChI=1S/C15H17BrN2/c1-9-4-5-12(6-10(9)2)18-15-7-11(3)14(17)8-13(15)16/h4-8,18H,17H2,1-3H3. The molecule has 0 bridgehead atoms. The van der Waals surface area contributed by atoms with E-state index in [1.807, 2.05) is 13.0 Å². The van der Waals surface area contributed by atoms with Crippen LogP contribution in [-0.4, -0.2) is 0 Å². The number of hydrogen-bond acceptors (Lipinski definition) is 2. The van der Waals surface area contributed by atoms with Crippen LogP contribution >= 0.6 is 15.9 Å². The number of rotatable bonds is 2. The highest BCUT2D eigenvalue weighted by Gasteiger charge is 2.04. The van der Waals surface area contributed by atoms with Crippen LogP contribution in [0.25, 0.3) is 0 Å². The topological polar surface area (TPSA) is 38.0 Å². The molecule has 94 valence electrons. The molecule has 0 saturated heterocycles. The van der Waals surface area contributed by atoms with Crippen LogP contribution in [-0.2, 0) is 0 Å². The number of anilines is 3. The Kier molecular flexibility index (Phi) is 3.62. The van der Waals surface area contributed by atoms with Crippen molar-refractivity contribution in [2.45, 2.75) is 20.8 Å². The lowest BCUT2D eigenvalue weighted by atomic mass is 10.1. The molecule has 2 rings (SSSR count). The zero-order valence-electron chi connectivity index (χ0n) is 10.8. The van der Waals surface area contributed by atoms with Gasteiger partial charge < -0.3 is 11.1 Å². The maximum absolute atomic E-state index is 5.87. The van der Waals surface area contributed by atoms with E-state index in [4.69, 9.17) is 5.73 Å². The molecule has 0 aliphatic carbocycles. The minimum Gasteiger partial charge on any atom is -0.398 e. The Morgan fingerprint density at radius 1 is 0.944 bits per heavy atom. The van der Waals surface area contributed by atoms with Crippen LogP contribution < -0.4 is 11.1 Å². The first-order valence-electron chi connectivity index (χ1n) is 5.87. The number of aryl methyl sites for hydroxylation is 3. The third kappa shape index (κ3) is 2.67. The van der Waals surface area contributed by atoms with E-state index in [1.54, 1.807) is 0 Å². The molecule has 0 heterocycles. The number of hydrogen-bond donors (Lipinski definition) is 2. The summed E-state index contributed by atoms with van der Waals surface area (Å²) < 4.78 is 0.976. The Bertz CT molecular complexity index is 591. The van der Waals surface area contributed by atoms with E-state index in [0.717, 1.165) is 27.1 Å². The summed E-state index contributed by atoms with van der Waals surface area (Å²) in [5.41, 5.74) is 12.4. The van der Waals surface area contributed by atoms with Gasteiger partial charge in [0.25, 0.3) is 0 Å². The Morgan fingerprint density at radius 3 is 2.33 bits per heavy atom. The Morgan fingerprint density at radius 2 is 1.67 bits per heavy atom. The van der Waals surface area contributed by atoms with Crippen molar-refractivity contribution in [3.8, 4) is 0 Å². The molecule has 2 nitrogen and oxygen atoms in total. The number of nitrogens with one attached hydrogen (secondary N) is 1. The lowest BCUT2D eigenvalue weighted by molar-refractivity contribution is 1.33. The van der Waals surface area contributed by atoms with E-state index < -0.39 is 0 Å². The van der Waals surface area contributed by atoms with Gasteiger partial charge in [0.05, 0.1) is 5.69 Å². The normalized spacial score (nSPS) is 10.4. The van der Waals surface area contributed by atoms with Crippen molar-refractivity contribution in [2.24, 2.45) is 0 Å². The monoisotopic (exact) mass is 304 g/mol. The van der Waals surface area contributed by atoms with Gasteiger partial charge in [-0.25, -0.2) is 0 Å². The molecule has 0 unspecified atom stereocenters. The minimum absolute atomic E-state index is 0.799. The fourth-order valence-electron chi connectivity index (χ4n) is 1.77. The average molecular weight is 305 g/mol. The second-order valence-electron chi connectivity index (χ2n) is 4.61. The van der Waals surface area contributed by atoms with Crippen LogP contribution in [0.5, 0.6) is 0 Å². The van der Waals surface area contributed by atoms with Gasteiger partial charge in [-0.15, -0.1) is 0 Å². The van der Waals surface area contributed by atoms with Crippen LogP contribution in [0.1, 0.15) is 16.7 Å². The molecular weight excluding hydrogens is 288 g/mol. The quantitative estimate of drug-likeness (QED) is 0.789. The van der Waals surface area contributed by atoms with Crippen molar-refractivity contribution in [3.63, 3.8) is 0 Å². The largest absolute Gasteiger partial charge is 0.398 e. The minimum atomic E-state index is 0.799. The molecule has 0 saturated carbocycles. The van der Waals surface area contributed by atoms with Crippen LogP contribution in [0.3, 0.4) is 0 Å². The third-order valence-electron chi connectivity index (χ3n) is 3.14. The van der Waals surface area contributed by atoms with Crippen molar-refractivity contribution in [1.29, 1.82) is 0 Å². The molecular formula is C15H17BrN2. The zero-order chi connectivity index (χ0) is 13.3. The molecule has 0 spiro atoms. The lowest BCUT2D eigenvalue weighted by Gasteiger charge is -2.12. The molecule has 0 fully saturated rings. The fourth-order valence-corrected chi connectivity index (χ4v) is 2.23. The molecule has 0 aliphatic heterocycles. The van der Waals surface area contributed by atoms with Gasteiger partial charge in [-0.1, -0.05) is 6.07 Å². The predicted octanol–water partition coefficient (Wildman–Crippen LogP) is 4.70. The molecule has 2 aromatic carbocycles. The van der Waals surface area contributed by atoms with Gasteiger partial charge in [-0.2, -0.15) is 0 Å². The van der Waals surface area contributed by atoms with Crippen molar-refractivity contribution < 1.29 is 0 Å². The van der Waals surface area contributed by atoms with E-state index in [-0.39, 0.29) is 0 Å². The summed E-state index contributed by atoms with van der Waals surface area (Å²) in [5, 5.41) is 3.41. The molecule has 3 N–H and O–H groups in total. The molecule has 0 radical (unpaired) electrons. The highest BCUT2D eigenvalue weighted by molar-refractivity contribution is 9.10. The SMILES string of the molecule is Cc1ccc(Nc2cc(C)c(N)cc2Br)cc1C. The smallest absolute Gasteiger partial charge is 0.0532 e. The maximum Gasteiger partial charge on any atom is 0.0532 e. The highest BCUT2D eigenvalue weighted by Crippen LogP contribution is 2.30. The van der Waals surface area contributed by atoms with E-state index in [2.05, 4.69) is 59.4 Å². The predicted molar refractivity (Wildman–Crippen MR) is 82.5 cm³/mol. The summed E-state index contributed by atoms with van der Waals surface area (Å²) in [6.45, 7) is 6.24. The van der Waals surface area contributed by atoms with Crippen LogP contribution in [0.2, 0.25) is 0 Å². The number of nitrogen functional groups attached to an aromatic ring is 1. The summed E-state index contributed by atoms with van der Waals surface area (Å²) >= 11 is 3.53. The van der Waals surface area contributed by atoms with Gasteiger partial charge in [0, 0.05) is 15.8 Å². The first-order chi connectivity index (χ1) is 8.47. The van der Waals surface area contributed by atoms with E-state index in [0.29, 0.717) is 0 Å². The third-order valence-corrected chi connectivity index (χ3v) is 3.80. The molecule has 3 heteroatoms. The molecule has 0 atom stereocenters.